The summed E-state index contributed by atoms with van der Waals surface area (Å²) in [5, 5.41) is 0. The monoisotopic (exact) mass is 283 g/mol. The first-order valence-electron chi connectivity index (χ1n) is 2.99. The molecule has 0 rings (SSSR count). The first-order chi connectivity index (χ1) is 5.56. The number of hydrogen-bond acceptors (Lipinski definition) is 4. The van der Waals surface area contributed by atoms with Gasteiger partial charge in [-0.15, -0.1) is 0 Å². The summed E-state index contributed by atoms with van der Waals surface area (Å²) in [5.74, 6) is 0. The molecule has 0 aliphatic carbocycles. The molecule has 0 spiro atoms. The fourth-order valence-electron chi connectivity index (χ4n) is 0. The molecule has 0 fully saturated rings. The Hall–Kier alpha value is 1.20. The van der Waals surface area contributed by atoms with Gasteiger partial charge in [0.2, 0.25) is 0 Å². The van der Waals surface area contributed by atoms with Crippen LogP contribution >= 0.6 is 30.6 Å². The Morgan fingerprint density at radius 1 is 0.667 bits per heavy atom. The average molecular weight is 285 g/mol. The molecule has 0 aromatic carbocycles. The summed E-state index contributed by atoms with van der Waals surface area (Å²) in [6.45, 7) is 2.39. The molecule has 12 heavy (non-hydrogen) atoms. The van der Waals surface area contributed by atoms with Crippen LogP contribution in [0.2, 0.25) is 0 Å². The van der Waals surface area contributed by atoms with Gasteiger partial charge < -0.3 is 22.9 Å². The Labute approximate surface area is 90.3 Å². The van der Waals surface area contributed by atoms with Crippen molar-refractivity contribution in [3.63, 3.8) is 0 Å². The quantitative estimate of drug-likeness (QED) is 0.531. The predicted molar refractivity (Wildman–Crippen MR) is 53.8 cm³/mol. The summed E-state index contributed by atoms with van der Waals surface area (Å²) in [7, 11) is 13.5. The van der Waals surface area contributed by atoms with E-state index in [1.165, 1.54) is 0 Å². The Morgan fingerprint density at radius 3 is 0.750 bits per heavy atom. The van der Waals surface area contributed by atoms with Gasteiger partial charge in [0, 0.05) is 26.2 Å². The van der Waals surface area contributed by atoms with Crippen LogP contribution in [0.25, 0.3) is 0 Å². The van der Waals surface area contributed by atoms with Gasteiger partial charge in [-0.25, -0.2) is 0 Å². The molecule has 0 atom stereocenters. The molecule has 0 amide bonds. The molecule has 0 saturated heterocycles. The molecule has 4 nitrogen and oxygen atoms in total. The summed E-state index contributed by atoms with van der Waals surface area (Å²) in [4.78, 5) is 0. The standard InChI is InChI=1S/2C2H8N2.3ClH.Ni/c2*3-1-2-4;;;;/h2*1-4H2;3*1H;/q;;;;;+3/p-3. The van der Waals surface area contributed by atoms with Crippen LogP contribution in [0.5, 0.6) is 0 Å². The van der Waals surface area contributed by atoms with Crippen molar-refractivity contribution in [2.45, 2.75) is 0 Å². The first kappa shape index (κ1) is 18.9. The van der Waals surface area contributed by atoms with Crippen LogP contribution in [0, 0.1) is 0 Å². The topological polar surface area (TPSA) is 104 Å². The van der Waals surface area contributed by atoms with E-state index < -0.39 is 10.7 Å². The molecule has 0 aromatic rings. The van der Waals surface area contributed by atoms with Gasteiger partial charge in [-0.1, -0.05) is 0 Å². The van der Waals surface area contributed by atoms with E-state index in [2.05, 4.69) is 0 Å². The number of hydrogen-bond donors (Lipinski definition) is 4. The molecule has 0 saturated carbocycles. The van der Waals surface area contributed by atoms with Crippen molar-refractivity contribution in [1.29, 1.82) is 0 Å². The normalized spacial score (nSPS) is 8.75. The molecule has 83 valence electrons. The van der Waals surface area contributed by atoms with E-state index in [9.17, 15) is 0 Å². The fourth-order valence-corrected chi connectivity index (χ4v) is 0. The van der Waals surface area contributed by atoms with Gasteiger partial charge in [-0.05, 0) is 0 Å². The van der Waals surface area contributed by atoms with Crippen LogP contribution in [-0.4, -0.2) is 26.2 Å². The number of halogens is 3. The molecule has 0 heterocycles. The van der Waals surface area contributed by atoms with Crippen molar-refractivity contribution < 1.29 is 10.7 Å². The van der Waals surface area contributed by atoms with Crippen LogP contribution < -0.4 is 22.9 Å². The van der Waals surface area contributed by atoms with E-state index in [1.807, 2.05) is 0 Å². The maximum absolute atomic E-state index is 4.90. The van der Waals surface area contributed by atoms with Crippen molar-refractivity contribution >= 4 is 30.6 Å². The van der Waals surface area contributed by atoms with Crippen LogP contribution in [0.4, 0.5) is 0 Å². The van der Waals surface area contributed by atoms with E-state index in [1.54, 1.807) is 0 Å². The van der Waals surface area contributed by atoms with Crippen LogP contribution in [0.15, 0.2) is 0 Å². The van der Waals surface area contributed by atoms with E-state index >= 15 is 0 Å². The van der Waals surface area contributed by atoms with Crippen molar-refractivity contribution in [2.75, 3.05) is 26.2 Å². The van der Waals surface area contributed by atoms with E-state index in [4.69, 9.17) is 53.5 Å². The zero-order chi connectivity index (χ0) is 10.4. The maximum atomic E-state index is 4.90. The van der Waals surface area contributed by atoms with Gasteiger partial charge in [0.15, 0.2) is 0 Å². The zero-order valence-corrected chi connectivity index (χ0v) is 9.84. The molecule has 0 bridgehead atoms. The minimum atomic E-state index is -1.04. The fraction of sp³-hybridized carbons (Fsp3) is 1.00. The molecule has 8 N–H and O–H groups in total. The van der Waals surface area contributed by atoms with Crippen molar-refractivity contribution in [1.82, 2.24) is 0 Å². The number of nitrogens with two attached hydrogens (primary N) is 4. The third-order valence-electron chi connectivity index (χ3n) is 0.333. The Morgan fingerprint density at radius 2 is 0.750 bits per heavy atom. The second-order valence-corrected chi connectivity index (χ2v) is 6.18. The zero-order valence-electron chi connectivity index (χ0n) is 6.59. The van der Waals surface area contributed by atoms with Crippen molar-refractivity contribution in [3.8, 4) is 0 Å². The second kappa shape index (κ2) is 22.8. The van der Waals surface area contributed by atoms with Gasteiger partial charge in [-0.3, -0.25) is 0 Å². The Kier molecular flexibility index (Phi) is 35.8. The second-order valence-electron chi connectivity index (χ2n) is 1.29. The van der Waals surface area contributed by atoms with E-state index in [-0.39, 0.29) is 0 Å². The average Bonchev–Trinajstić information content (AvgIpc) is 2.03. The summed E-state index contributed by atoms with van der Waals surface area (Å²) in [6.07, 6.45) is 0. The molecular formula is C4H16Cl3N4Ni. The molecule has 0 unspecified atom stereocenters. The summed E-state index contributed by atoms with van der Waals surface area (Å²) in [5.41, 5.74) is 19.6. The Balaban J connectivity index is -0.000000101. The first-order valence-corrected chi connectivity index (χ1v) is 7.07. The van der Waals surface area contributed by atoms with Gasteiger partial charge in [0.25, 0.3) is 0 Å². The summed E-state index contributed by atoms with van der Waals surface area (Å²) >= 11 is 0. The molecule has 0 aliphatic rings. The van der Waals surface area contributed by atoms with Gasteiger partial charge in [0.1, 0.15) is 0 Å². The van der Waals surface area contributed by atoms with E-state index in [0.717, 1.165) is 0 Å². The molecule has 0 aromatic heterocycles. The molecule has 0 radical (unpaired) electrons. The van der Waals surface area contributed by atoms with Crippen molar-refractivity contribution in [3.05, 3.63) is 0 Å². The van der Waals surface area contributed by atoms with E-state index in [0.29, 0.717) is 26.2 Å². The predicted octanol–water partition coefficient (Wildman–Crippen LogP) is -0.126. The SMILES string of the molecule is NCCN.NCCN.[Cl][Ni]([Cl])[Cl]. The third-order valence-corrected chi connectivity index (χ3v) is 0.333. The Bertz CT molecular complexity index is 48.8. The molecule has 0 aliphatic heterocycles. The van der Waals surface area contributed by atoms with Crippen LogP contribution in [-0.2, 0) is 10.7 Å². The molecular weight excluding hydrogens is 269 g/mol. The minimum absolute atomic E-state index is 0.597. The van der Waals surface area contributed by atoms with Crippen LogP contribution in [0.1, 0.15) is 0 Å². The van der Waals surface area contributed by atoms with Gasteiger partial charge >= 0.3 is 41.3 Å². The summed E-state index contributed by atoms with van der Waals surface area (Å²) in [6, 6.07) is 0. The van der Waals surface area contributed by atoms with Gasteiger partial charge in [-0.2, -0.15) is 0 Å². The summed E-state index contributed by atoms with van der Waals surface area (Å²) < 4.78 is 0. The third kappa shape index (κ3) is 114. The number of rotatable bonds is 2. The molecule has 8 heteroatoms. The van der Waals surface area contributed by atoms with Gasteiger partial charge in [0.05, 0.1) is 0 Å². The van der Waals surface area contributed by atoms with Crippen LogP contribution in [0.3, 0.4) is 0 Å². The van der Waals surface area contributed by atoms with Crippen molar-refractivity contribution in [2.24, 2.45) is 22.9 Å².